The largest absolute Gasteiger partial charge is 0.397 e. The van der Waals surface area contributed by atoms with Gasteiger partial charge in [0.2, 0.25) is 17.7 Å². The van der Waals surface area contributed by atoms with Crippen molar-refractivity contribution in [3.8, 4) is 0 Å². The first kappa shape index (κ1) is 28.1. The van der Waals surface area contributed by atoms with Crippen LogP contribution in [0, 0.1) is 0 Å². The predicted octanol–water partition coefficient (Wildman–Crippen LogP) is 5.04. The molecule has 1 heterocycles. The third kappa shape index (κ3) is 8.02. The van der Waals surface area contributed by atoms with Gasteiger partial charge in [0.25, 0.3) is 0 Å². The van der Waals surface area contributed by atoms with Gasteiger partial charge in [-0.25, -0.2) is 0 Å². The molecule has 9 heteroatoms. The SMILES string of the molecule is CC(=O)N1CCOC(CC(C(=O)Nc2ccc(Br)cc2)c2ccc(C=CC(=O)Nc3ccccc3N)cc2)C1. The molecule has 39 heavy (non-hydrogen) atoms. The highest BCUT2D eigenvalue weighted by molar-refractivity contribution is 9.10. The van der Waals surface area contributed by atoms with Gasteiger partial charge >= 0.3 is 0 Å². The molecule has 1 aliphatic rings. The number of hydrogen-bond donors (Lipinski definition) is 3. The summed E-state index contributed by atoms with van der Waals surface area (Å²) in [4.78, 5) is 39.5. The lowest BCUT2D eigenvalue weighted by atomic mass is 9.90. The predicted molar refractivity (Wildman–Crippen MR) is 157 cm³/mol. The van der Waals surface area contributed by atoms with Crippen LogP contribution < -0.4 is 16.4 Å². The van der Waals surface area contributed by atoms with Crippen LogP contribution in [0.15, 0.2) is 83.3 Å². The van der Waals surface area contributed by atoms with Gasteiger partial charge in [-0.3, -0.25) is 14.4 Å². The van der Waals surface area contributed by atoms with E-state index < -0.39 is 5.92 Å². The molecule has 0 radical (unpaired) electrons. The molecule has 3 amide bonds. The number of rotatable bonds is 8. The van der Waals surface area contributed by atoms with E-state index in [1.165, 1.54) is 6.08 Å². The smallest absolute Gasteiger partial charge is 0.248 e. The summed E-state index contributed by atoms with van der Waals surface area (Å²) in [7, 11) is 0. The van der Waals surface area contributed by atoms with Crippen molar-refractivity contribution in [2.24, 2.45) is 0 Å². The number of nitrogens with one attached hydrogen (secondary N) is 2. The molecule has 4 N–H and O–H groups in total. The van der Waals surface area contributed by atoms with Crippen molar-refractivity contribution < 1.29 is 19.1 Å². The highest BCUT2D eigenvalue weighted by atomic mass is 79.9. The number of benzene rings is 3. The van der Waals surface area contributed by atoms with Gasteiger partial charge in [-0.1, -0.05) is 52.3 Å². The molecule has 1 aliphatic heterocycles. The van der Waals surface area contributed by atoms with Gasteiger partial charge in [-0.2, -0.15) is 0 Å². The topological polar surface area (TPSA) is 114 Å². The van der Waals surface area contributed by atoms with Gasteiger partial charge < -0.3 is 26.0 Å². The second-order valence-corrected chi connectivity index (χ2v) is 10.2. The van der Waals surface area contributed by atoms with Crippen LogP contribution in [0.1, 0.15) is 30.4 Å². The number of nitrogens with zero attached hydrogens (tertiary/aromatic N) is 1. The molecule has 0 spiro atoms. The number of carbonyl (C=O) groups excluding carboxylic acids is 3. The number of nitrogen functional groups attached to an aromatic ring is 1. The molecule has 3 aromatic carbocycles. The minimum atomic E-state index is -0.507. The van der Waals surface area contributed by atoms with Gasteiger partial charge in [0.15, 0.2) is 0 Å². The van der Waals surface area contributed by atoms with Gasteiger partial charge in [0.05, 0.1) is 30.0 Å². The maximum absolute atomic E-state index is 13.5. The van der Waals surface area contributed by atoms with Crippen molar-refractivity contribution in [1.29, 1.82) is 0 Å². The number of carbonyl (C=O) groups is 3. The molecule has 1 saturated heterocycles. The molecule has 4 rings (SSSR count). The average molecular weight is 592 g/mol. The maximum atomic E-state index is 13.5. The minimum Gasteiger partial charge on any atom is -0.397 e. The van der Waals surface area contributed by atoms with Crippen molar-refractivity contribution in [2.45, 2.75) is 25.4 Å². The zero-order valence-corrected chi connectivity index (χ0v) is 23.2. The van der Waals surface area contributed by atoms with Gasteiger partial charge in [0.1, 0.15) is 0 Å². The van der Waals surface area contributed by atoms with E-state index in [-0.39, 0.29) is 23.8 Å². The van der Waals surface area contributed by atoms with E-state index in [4.69, 9.17) is 10.5 Å². The summed E-state index contributed by atoms with van der Waals surface area (Å²) in [5, 5.41) is 5.76. The molecule has 2 atom stereocenters. The Morgan fingerprint density at radius 3 is 2.46 bits per heavy atom. The van der Waals surface area contributed by atoms with Crippen LogP contribution in [-0.2, 0) is 19.1 Å². The standard InChI is InChI=1S/C30H31BrN4O4/c1-20(36)35-16-17-39-25(19-35)18-26(30(38)33-24-13-11-23(31)12-14-24)22-9-6-21(7-10-22)8-15-29(37)34-28-5-3-2-4-27(28)32/h2-15,25-26H,16-19,32H2,1H3,(H,33,38)(H,34,37). The fourth-order valence-electron chi connectivity index (χ4n) is 4.36. The fraction of sp³-hybridized carbons (Fsp3) is 0.233. The Hall–Kier alpha value is -3.95. The monoisotopic (exact) mass is 590 g/mol. The number of ether oxygens (including phenoxy) is 1. The average Bonchev–Trinajstić information content (AvgIpc) is 2.93. The number of nitrogens with two attached hydrogens (primary N) is 1. The van der Waals surface area contributed by atoms with E-state index in [0.717, 1.165) is 15.6 Å². The quantitative estimate of drug-likeness (QED) is 0.251. The summed E-state index contributed by atoms with van der Waals surface area (Å²) in [6, 6.07) is 21.9. The zero-order chi connectivity index (χ0) is 27.8. The summed E-state index contributed by atoms with van der Waals surface area (Å²) in [6.45, 7) is 2.97. The molecule has 2 unspecified atom stereocenters. The molecule has 3 aromatic rings. The molecule has 8 nitrogen and oxygen atoms in total. The highest BCUT2D eigenvalue weighted by Crippen LogP contribution is 2.27. The van der Waals surface area contributed by atoms with E-state index in [0.29, 0.717) is 43.2 Å². The Morgan fingerprint density at radius 2 is 1.77 bits per heavy atom. The van der Waals surface area contributed by atoms with Crippen LogP contribution in [0.25, 0.3) is 6.08 Å². The van der Waals surface area contributed by atoms with Crippen LogP contribution in [0.4, 0.5) is 17.1 Å². The summed E-state index contributed by atoms with van der Waals surface area (Å²) in [5.41, 5.74) is 9.23. The van der Waals surface area contributed by atoms with Crippen LogP contribution in [0.3, 0.4) is 0 Å². The molecular formula is C30H31BrN4O4. The summed E-state index contributed by atoms with van der Waals surface area (Å²) < 4.78 is 6.85. The first-order chi connectivity index (χ1) is 18.8. The molecule has 0 saturated carbocycles. The molecule has 202 valence electrons. The first-order valence-electron chi connectivity index (χ1n) is 12.7. The van der Waals surface area contributed by atoms with E-state index >= 15 is 0 Å². The summed E-state index contributed by atoms with van der Waals surface area (Å²) >= 11 is 3.41. The van der Waals surface area contributed by atoms with E-state index in [9.17, 15) is 14.4 Å². The second-order valence-electron chi connectivity index (χ2n) is 9.32. The normalized spacial score (nSPS) is 16.1. The van der Waals surface area contributed by atoms with Crippen LogP contribution in [0.5, 0.6) is 0 Å². The van der Waals surface area contributed by atoms with E-state index in [2.05, 4.69) is 26.6 Å². The Bertz CT molecular complexity index is 1340. The fourth-order valence-corrected chi connectivity index (χ4v) is 4.63. The lowest BCUT2D eigenvalue weighted by Crippen LogP contribution is -2.45. The number of hydrogen-bond acceptors (Lipinski definition) is 5. The van der Waals surface area contributed by atoms with Gasteiger partial charge in [-0.05, 0) is 60.0 Å². The van der Waals surface area contributed by atoms with Gasteiger partial charge in [-0.15, -0.1) is 0 Å². The Morgan fingerprint density at radius 1 is 1.05 bits per heavy atom. The lowest BCUT2D eigenvalue weighted by Gasteiger charge is -2.34. The van der Waals surface area contributed by atoms with Crippen molar-refractivity contribution in [2.75, 3.05) is 36.1 Å². The number of para-hydroxylation sites is 2. The van der Waals surface area contributed by atoms with Gasteiger partial charge in [0, 0.05) is 36.2 Å². The third-order valence-electron chi connectivity index (χ3n) is 6.50. The van der Waals surface area contributed by atoms with Crippen LogP contribution >= 0.6 is 15.9 Å². The molecule has 0 aromatic heterocycles. The summed E-state index contributed by atoms with van der Waals surface area (Å²) in [6.07, 6.45) is 3.29. The lowest BCUT2D eigenvalue weighted by molar-refractivity contribution is -0.137. The van der Waals surface area contributed by atoms with Crippen molar-refractivity contribution >= 4 is 56.8 Å². The van der Waals surface area contributed by atoms with Crippen molar-refractivity contribution in [3.63, 3.8) is 0 Å². The highest BCUT2D eigenvalue weighted by Gasteiger charge is 2.29. The molecule has 0 aliphatic carbocycles. The maximum Gasteiger partial charge on any atom is 0.248 e. The Balaban J connectivity index is 1.48. The number of anilines is 3. The van der Waals surface area contributed by atoms with Crippen molar-refractivity contribution in [3.05, 3.63) is 94.5 Å². The zero-order valence-electron chi connectivity index (χ0n) is 21.6. The van der Waals surface area contributed by atoms with Crippen LogP contribution in [-0.4, -0.2) is 48.4 Å². The summed E-state index contributed by atoms with van der Waals surface area (Å²) in [5.74, 6) is -0.973. The van der Waals surface area contributed by atoms with E-state index in [1.807, 2.05) is 48.5 Å². The molecule has 0 bridgehead atoms. The van der Waals surface area contributed by atoms with Crippen LogP contribution in [0.2, 0.25) is 0 Å². The Kier molecular flexibility index (Phi) is 9.51. The number of morpholine rings is 1. The second kappa shape index (κ2) is 13.2. The minimum absolute atomic E-state index is 0.00529. The number of halogens is 1. The van der Waals surface area contributed by atoms with Crippen molar-refractivity contribution in [1.82, 2.24) is 4.90 Å². The van der Waals surface area contributed by atoms with E-state index in [1.54, 1.807) is 42.2 Å². The Labute approximate surface area is 236 Å². The first-order valence-corrected chi connectivity index (χ1v) is 13.4. The third-order valence-corrected chi connectivity index (χ3v) is 7.02. The number of amides is 3. The molecule has 1 fully saturated rings. The molecular weight excluding hydrogens is 560 g/mol.